The van der Waals surface area contributed by atoms with Gasteiger partial charge < -0.3 is 10.1 Å². The van der Waals surface area contributed by atoms with E-state index >= 15 is 0 Å². The Morgan fingerprint density at radius 3 is 2.63 bits per heavy atom. The van der Waals surface area contributed by atoms with Crippen LogP contribution in [0.15, 0.2) is 24.5 Å². The highest BCUT2D eigenvalue weighted by Gasteiger charge is 2.07. The number of aromatic nitrogens is 2. The predicted octanol–water partition coefficient (Wildman–Crippen LogP) is 3.63. The van der Waals surface area contributed by atoms with Gasteiger partial charge >= 0.3 is 0 Å². The molecule has 0 unspecified atom stereocenters. The molecular formula is C15H19N3O. The van der Waals surface area contributed by atoms with Gasteiger partial charge in [-0.3, -0.25) is 0 Å². The van der Waals surface area contributed by atoms with E-state index in [1.54, 1.807) is 6.07 Å². The molecule has 4 nitrogen and oxygen atoms in total. The normalized spacial score (nSPS) is 10.3. The maximum absolute atomic E-state index is 5.87. The third-order valence-electron chi connectivity index (χ3n) is 2.98. The van der Waals surface area contributed by atoms with E-state index in [9.17, 15) is 0 Å². The number of aryl methyl sites for hydroxylation is 2. The molecule has 0 spiro atoms. The Bertz CT molecular complexity index is 582. The minimum absolute atomic E-state index is 0.555. The van der Waals surface area contributed by atoms with Crippen LogP contribution in [0.4, 0.5) is 5.82 Å². The zero-order valence-corrected chi connectivity index (χ0v) is 11.8. The number of nitrogens with zero attached hydrogens (tertiary/aromatic N) is 2. The van der Waals surface area contributed by atoms with Gasteiger partial charge in [0, 0.05) is 12.6 Å². The van der Waals surface area contributed by atoms with Crippen LogP contribution in [-0.2, 0) is 0 Å². The Morgan fingerprint density at radius 1 is 1.11 bits per heavy atom. The van der Waals surface area contributed by atoms with Crippen LogP contribution in [0.1, 0.15) is 23.6 Å². The standard InChI is InChI=1S/C15H19N3O/c1-5-16-14-8-15(18-9-17-14)19-13-7-10(2)6-11(3)12(13)4/h6-9H,5H2,1-4H3,(H,16,17,18). The first-order chi connectivity index (χ1) is 9.10. The first kappa shape index (κ1) is 13.3. The van der Waals surface area contributed by atoms with E-state index in [-0.39, 0.29) is 0 Å². The molecule has 0 aliphatic heterocycles. The highest BCUT2D eigenvalue weighted by molar-refractivity contribution is 5.45. The summed E-state index contributed by atoms with van der Waals surface area (Å²) >= 11 is 0. The molecule has 0 fully saturated rings. The number of anilines is 1. The predicted molar refractivity (Wildman–Crippen MR) is 76.9 cm³/mol. The monoisotopic (exact) mass is 257 g/mol. The molecule has 1 heterocycles. The van der Waals surface area contributed by atoms with Crippen LogP contribution in [0.3, 0.4) is 0 Å². The average Bonchev–Trinajstić information content (AvgIpc) is 2.36. The molecule has 0 bridgehead atoms. The lowest BCUT2D eigenvalue weighted by atomic mass is 10.1. The summed E-state index contributed by atoms with van der Waals surface area (Å²) in [7, 11) is 0. The van der Waals surface area contributed by atoms with Gasteiger partial charge in [0.05, 0.1) is 0 Å². The van der Waals surface area contributed by atoms with Gasteiger partial charge in [-0.25, -0.2) is 9.97 Å². The van der Waals surface area contributed by atoms with E-state index in [4.69, 9.17) is 4.74 Å². The average molecular weight is 257 g/mol. The summed E-state index contributed by atoms with van der Waals surface area (Å²) in [6, 6.07) is 5.98. The number of hydrogen-bond donors (Lipinski definition) is 1. The van der Waals surface area contributed by atoms with Crippen LogP contribution >= 0.6 is 0 Å². The van der Waals surface area contributed by atoms with Crippen molar-refractivity contribution in [3.05, 3.63) is 41.2 Å². The number of rotatable bonds is 4. The summed E-state index contributed by atoms with van der Waals surface area (Å²) < 4.78 is 5.87. The molecule has 0 radical (unpaired) electrons. The van der Waals surface area contributed by atoms with Crippen molar-refractivity contribution in [2.24, 2.45) is 0 Å². The third kappa shape index (κ3) is 3.22. The van der Waals surface area contributed by atoms with Gasteiger partial charge in [-0.1, -0.05) is 6.07 Å². The number of nitrogens with one attached hydrogen (secondary N) is 1. The fourth-order valence-electron chi connectivity index (χ4n) is 1.89. The molecule has 0 atom stereocenters. The van der Waals surface area contributed by atoms with Gasteiger partial charge in [0.25, 0.3) is 0 Å². The topological polar surface area (TPSA) is 47.0 Å². The summed E-state index contributed by atoms with van der Waals surface area (Å²) in [4.78, 5) is 8.27. The molecule has 1 aromatic heterocycles. The van der Waals surface area contributed by atoms with Crippen LogP contribution in [0.2, 0.25) is 0 Å². The van der Waals surface area contributed by atoms with Crippen LogP contribution < -0.4 is 10.1 Å². The molecule has 2 aromatic rings. The molecule has 4 heteroatoms. The van der Waals surface area contributed by atoms with Crippen molar-refractivity contribution in [3.63, 3.8) is 0 Å². The van der Waals surface area contributed by atoms with E-state index < -0.39 is 0 Å². The Hall–Kier alpha value is -2.10. The van der Waals surface area contributed by atoms with Crippen LogP contribution in [0, 0.1) is 20.8 Å². The van der Waals surface area contributed by atoms with Crippen molar-refractivity contribution in [1.82, 2.24) is 9.97 Å². The van der Waals surface area contributed by atoms with E-state index in [2.05, 4.69) is 42.1 Å². The van der Waals surface area contributed by atoms with Crippen LogP contribution in [0.25, 0.3) is 0 Å². The highest BCUT2D eigenvalue weighted by atomic mass is 16.5. The lowest BCUT2D eigenvalue weighted by molar-refractivity contribution is 0.457. The van der Waals surface area contributed by atoms with Gasteiger partial charge in [0.1, 0.15) is 17.9 Å². The van der Waals surface area contributed by atoms with Crippen LogP contribution in [-0.4, -0.2) is 16.5 Å². The quantitative estimate of drug-likeness (QED) is 0.908. The zero-order chi connectivity index (χ0) is 13.8. The van der Waals surface area contributed by atoms with E-state index in [1.807, 2.05) is 13.0 Å². The summed E-state index contributed by atoms with van der Waals surface area (Å²) in [6.07, 6.45) is 1.51. The Kier molecular flexibility index (Phi) is 4.00. The summed E-state index contributed by atoms with van der Waals surface area (Å²) in [6.45, 7) is 9.04. The van der Waals surface area contributed by atoms with E-state index in [1.165, 1.54) is 17.5 Å². The molecule has 0 saturated heterocycles. The number of benzene rings is 1. The molecule has 0 aliphatic carbocycles. The van der Waals surface area contributed by atoms with Crippen molar-refractivity contribution in [3.8, 4) is 11.6 Å². The van der Waals surface area contributed by atoms with E-state index in [0.717, 1.165) is 23.7 Å². The van der Waals surface area contributed by atoms with Gasteiger partial charge in [0.15, 0.2) is 0 Å². The first-order valence-corrected chi connectivity index (χ1v) is 6.41. The molecular weight excluding hydrogens is 238 g/mol. The van der Waals surface area contributed by atoms with Crippen molar-refractivity contribution in [2.45, 2.75) is 27.7 Å². The fraction of sp³-hybridized carbons (Fsp3) is 0.333. The van der Waals surface area contributed by atoms with Crippen molar-refractivity contribution in [2.75, 3.05) is 11.9 Å². The molecule has 1 aromatic carbocycles. The largest absolute Gasteiger partial charge is 0.439 e. The van der Waals surface area contributed by atoms with Gasteiger partial charge in [-0.2, -0.15) is 0 Å². The van der Waals surface area contributed by atoms with Gasteiger partial charge in [-0.05, 0) is 50.5 Å². The lowest BCUT2D eigenvalue weighted by Crippen LogP contribution is -2.00. The van der Waals surface area contributed by atoms with Gasteiger partial charge in [0.2, 0.25) is 5.88 Å². The highest BCUT2D eigenvalue weighted by Crippen LogP contribution is 2.27. The third-order valence-corrected chi connectivity index (χ3v) is 2.98. The fourth-order valence-corrected chi connectivity index (χ4v) is 1.89. The Morgan fingerprint density at radius 2 is 1.89 bits per heavy atom. The maximum atomic E-state index is 5.87. The maximum Gasteiger partial charge on any atom is 0.224 e. The summed E-state index contributed by atoms with van der Waals surface area (Å²) in [5.41, 5.74) is 3.53. The Balaban J connectivity index is 2.28. The molecule has 19 heavy (non-hydrogen) atoms. The Labute approximate surface area is 113 Å². The summed E-state index contributed by atoms with van der Waals surface area (Å²) in [5, 5.41) is 3.14. The molecule has 1 N–H and O–H groups in total. The van der Waals surface area contributed by atoms with Crippen molar-refractivity contribution >= 4 is 5.82 Å². The molecule has 100 valence electrons. The second-order valence-corrected chi connectivity index (χ2v) is 4.58. The smallest absolute Gasteiger partial charge is 0.224 e. The molecule has 2 rings (SSSR count). The number of hydrogen-bond acceptors (Lipinski definition) is 4. The van der Waals surface area contributed by atoms with Crippen molar-refractivity contribution in [1.29, 1.82) is 0 Å². The minimum atomic E-state index is 0.555. The SMILES string of the molecule is CCNc1cc(Oc2cc(C)cc(C)c2C)ncn1. The number of ether oxygens (including phenoxy) is 1. The molecule has 0 saturated carbocycles. The van der Waals surface area contributed by atoms with E-state index in [0.29, 0.717) is 5.88 Å². The molecule has 0 aliphatic rings. The van der Waals surface area contributed by atoms with Gasteiger partial charge in [-0.15, -0.1) is 0 Å². The zero-order valence-electron chi connectivity index (χ0n) is 11.8. The second-order valence-electron chi connectivity index (χ2n) is 4.58. The lowest BCUT2D eigenvalue weighted by Gasteiger charge is -2.11. The summed E-state index contributed by atoms with van der Waals surface area (Å²) in [5.74, 6) is 2.17. The minimum Gasteiger partial charge on any atom is -0.439 e. The first-order valence-electron chi connectivity index (χ1n) is 6.41. The molecule has 0 amide bonds. The second kappa shape index (κ2) is 5.69. The van der Waals surface area contributed by atoms with Crippen molar-refractivity contribution < 1.29 is 4.74 Å². The van der Waals surface area contributed by atoms with Crippen LogP contribution in [0.5, 0.6) is 11.6 Å².